The Morgan fingerprint density at radius 2 is 1.14 bits per heavy atom. The second kappa shape index (κ2) is 9.92. The zero-order valence-corrected chi connectivity index (χ0v) is 23.9. The van der Waals surface area contributed by atoms with Gasteiger partial charge in [-0.15, -0.1) is 0 Å². The van der Waals surface area contributed by atoms with E-state index in [4.69, 9.17) is 9.47 Å². The maximum Gasteiger partial charge on any atom is 0.311 e. The lowest BCUT2D eigenvalue weighted by atomic mass is 9.79. The van der Waals surface area contributed by atoms with Crippen LogP contribution in [-0.4, -0.2) is 66.8 Å². The molecular formula is C27H50N2O6. The zero-order chi connectivity index (χ0) is 27.2. The standard InChI is InChI=1S/C27H50N2O6/c1-12-18(21(30)34-19-14-24(4,5)28(32)25(6,7)15-19)13-23(2,3)22(31)35-20-16-26(8,9)29(33)27(10,11)17-20/h18-20,32-33H,12-17H2,1-11H3. The minimum Gasteiger partial charge on any atom is -0.462 e. The first kappa shape index (κ1) is 30.0. The first-order chi connectivity index (χ1) is 15.6. The summed E-state index contributed by atoms with van der Waals surface area (Å²) in [5, 5.41) is 23.8. The van der Waals surface area contributed by atoms with Gasteiger partial charge in [0, 0.05) is 47.8 Å². The molecule has 0 spiro atoms. The van der Waals surface area contributed by atoms with Crippen LogP contribution >= 0.6 is 0 Å². The molecule has 0 bridgehead atoms. The normalized spacial score (nSPS) is 26.2. The van der Waals surface area contributed by atoms with E-state index >= 15 is 0 Å². The van der Waals surface area contributed by atoms with Crippen LogP contribution < -0.4 is 0 Å². The molecule has 2 saturated heterocycles. The van der Waals surface area contributed by atoms with E-state index in [0.29, 0.717) is 38.5 Å². The highest BCUT2D eigenvalue weighted by atomic mass is 16.6. The first-order valence-corrected chi connectivity index (χ1v) is 13.0. The average Bonchev–Trinajstić information content (AvgIpc) is 2.67. The molecule has 1 atom stereocenters. The lowest BCUT2D eigenvalue weighted by Gasteiger charge is -2.51. The lowest BCUT2D eigenvalue weighted by Crippen LogP contribution is -2.61. The van der Waals surface area contributed by atoms with Crippen LogP contribution in [0.4, 0.5) is 0 Å². The van der Waals surface area contributed by atoms with E-state index in [1.165, 1.54) is 10.1 Å². The topological polar surface area (TPSA) is 99.5 Å². The Kier molecular flexibility index (Phi) is 8.50. The van der Waals surface area contributed by atoms with Gasteiger partial charge in [-0.25, -0.2) is 0 Å². The Bertz CT molecular complexity index is 753. The van der Waals surface area contributed by atoms with Crippen LogP contribution in [0.15, 0.2) is 0 Å². The lowest BCUT2D eigenvalue weighted by molar-refractivity contribution is -0.260. The number of rotatable bonds is 7. The number of hydrogen-bond acceptors (Lipinski definition) is 8. The maximum atomic E-state index is 13.2. The van der Waals surface area contributed by atoms with E-state index in [-0.39, 0.29) is 24.1 Å². The fraction of sp³-hybridized carbons (Fsp3) is 0.926. The summed E-state index contributed by atoms with van der Waals surface area (Å²) in [7, 11) is 0. The second-order valence-corrected chi connectivity index (χ2v) is 14.0. The SMILES string of the molecule is CCC(CC(C)(C)C(=O)OC1CC(C)(C)N(O)C(C)(C)C1)C(=O)OC1CC(C)(C)N(O)C(C)(C)C1. The molecule has 8 nitrogen and oxygen atoms in total. The zero-order valence-electron chi connectivity index (χ0n) is 23.9. The van der Waals surface area contributed by atoms with Gasteiger partial charge in [0.15, 0.2) is 0 Å². The van der Waals surface area contributed by atoms with Crippen LogP contribution in [0.5, 0.6) is 0 Å². The third-order valence-electron chi connectivity index (χ3n) is 7.89. The molecule has 2 aliphatic rings. The van der Waals surface area contributed by atoms with Crippen LogP contribution in [0.2, 0.25) is 0 Å². The Labute approximate surface area is 212 Å². The molecule has 8 heteroatoms. The van der Waals surface area contributed by atoms with Gasteiger partial charge in [-0.05, 0) is 82.1 Å². The monoisotopic (exact) mass is 498 g/mol. The first-order valence-electron chi connectivity index (χ1n) is 13.0. The molecule has 0 aromatic heterocycles. The van der Waals surface area contributed by atoms with Crippen LogP contribution in [-0.2, 0) is 19.1 Å². The number of carbonyl (C=O) groups excluding carboxylic acids is 2. The van der Waals surface area contributed by atoms with Crippen LogP contribution in [0.25, 0.3) is 0 Å². The van der Waals surface area contributed by atoms with Crippen LogP contribution in [0, 0.1) is 11.3 Å². The molecule has 2 heterocycles. The number of esters is 2. The predicted molar refractivity (Wildman–Crippen MR) is 134 cm³/mol. The van der Waals surface area contributed by atoms with Gasteiger partial charge >= 0.3 is 11.9 Å². The van der Waals surface area contributed by atoms with Crippen molar-refractivity contribution in [1.82, 2.24) is 10.1 Å². The number of hydrogen-bond donors (Lipinski definition) is 2. The predicted octanol–water partition coefficient (Wildman–Crippen LogP) is 5.34. The summed E-state index contributed by atoms with van der Waals surface area (Å²) < 4.78 is 11.9. The van der Waals surface area contributed by atoms with Gasteiger partial charge in [0.25, 0.3) is 0 Å². The third-order valence-corrected chi connectivity index (χ3v) is 7.89. The molecule has 2 aliphatic heterocycles. The number of carbonyl (C=O) groups is 2. The molecule has 35 heavy (non-hydrogen) atoms. The van der Waals surface area contributed by atoms with Crippen molar-refractivity contribution >= 4 is 11.9 Å². The summed E-state index contributed by atoms with van der Waals surface area (Å²) in [5.74, 6) is -1.06. The Morgan fingerprint density at radius 1 is 0.800 bits per heavy atom. The highest BCUT2D eigenvalue weighted by Gasteiger charge is 2.49. The van der Waals surface area contributed by atoms with Crippen molar-refractivity contribution < 1.29 is 29.5 Å². The Hall–Kier alpha value is -1.22. The molecule has 0 aromatic carbocycles. The van der Waals surface area contributed by atoms with Gasteiger partial charge in [0.1, 0.15) is 12.2 Å². The van der Waals surface area contributed by atoms with Crippen LogP contribution in [0.1, 0.15) is 115 Å². The fourth-order valence-electron chi connectivity index (χ4n) is 6.19. The molecule has 0 amide bonds. The summed E-state index contributed by atoms with van der Waals surface area (Å²) in [5.41, 5.74) is -2.92. The largest absolute Gasteiger partial charge is 0.462 e. The summed E-state index contributed by atoms with van der Waals surface area (Å²) in [4.78, 5) is 26.4. The highest BCUT2D eigenvalue weighted by Crippen LogP contribution is 2.41. The summed E-state index contributed by atoms with van der Waals surface area (Å²) in [6, 6.07) is 0. The van der Waals surface area contributed by atoms with Gasteiger partial charge in [0.2, 0.25) is 0 Å². The van der Waals surface area contributed by atoms with Crippen molar-refractivity contribution in [2.24, 2.45) is 11.3 Å². The van der Waals surface area contributed by atoms with E-state index in [9.17, 15) is 20.0 Å². The Balaban J connectivity index is 2.04. The smallest absolute Gasteiger partial charge is 0.311 e. The van der Waals surface area contributed by atoms with Gasteiger partial charge in [0.05, 0.1) is 11.3 Å². The van der Waals surface area contributed by atoms with Crippen molar-refractivity contribution in [2.75, 3.05) is 0 Å². The van der Waals surface area contributed by atoms with Gasteiger partial charge in [-0.3, -0.25) is 9.59 Å². The van der Waals surface area contributed by atoms with E-state index in [1.54, 1.807) is 0 Å². The minimum atomic E-state index is -0.864. The third kappa shape index (κ3) is 6.76. The molecule has 0 radical (unpaired) electrons. The highest BCUT2D eigenvalue weighted by molar-refractivity contribution is 5.78. The Morgan fingerprint density at radius 3 is 1.49 bits per heavy atom. The number of ether oxygens (including phenoxy) is 2. The van der Waals surface area contributed by atoms with Gasteiger partial charge < -0.3 is 19.9 Å². The van der Waals surface area contributed by atoms with Crippen molar-refractivity contribution in [3.05, 3.63) is 0 Å². The molecular weight excluding hydrogens is 448 g/mol. The second-order valence-electron chi connectivity index (χ2n) is 14.0. The van der Waals surface area contributed by atoms with Crippen molar-refractivity contribution in [2.45, 2.75) is 149 Å². The molecule has 2 N–H and O–H groups in total. The summed E-state index contributed by atoms with van der Waals surface area (Å²) in [6.45, 7) is 21.1. The molecule has 204 valence electrons. The van der Waals surface area contributed by atoms with E-state index < -0.39 is 33.5 Å². The van der Waals surface area contributed by atoms with Gasteiger partial charge in [-0.1, -0.05) is 6.92 Å². The minimum absolute atomic E-state index is 0.298. The molecule has 1 unspecified atom stereocenters. The molecule has 0 saturated carbocycles. The van der Waals surface area contributed by atoms with E-state index in [1.807, 2.05) is 76.2 Å². The number of piperidine rings is 2. The quantitative estimate of drug-likeness (QED) is 0.454. The van der Waals surface area contributed by atoms with E-state index in [2.05, 4.69) is 0 Å². The number of nitrogens with zero attached hydrogens (tertiary/aromatic N) is 2. The molecule has 0 aromatic rings. The average molecular weight is 499 g/mol. The maximum absolute atomic E-state index is 13.2. The van der Waals surface area contributed by atoms with Crippen molar-refractivity contribution in [1.29, 1.82) is 0 Å². The molecule has 2 fully saturated rings. The summed E-state index contributed by atoms with van der Waals surface area (Å²) >= 11 is 0. The van der Waals surface area contributed by atoms with Crippen LogP contribution in [0.3, 0.4) is 0 Å². The molecule has 0 aliphatic carbocycles. The van der Waals surface area contributed by atoms with E-state index in [0.717, 1.165) is 0 Å². The van der Waals surface area contributed by atoms with Gasteiger partial charge in [-0.2, -0.15) is 10.1 Å². The van der Waals surface area contributed by atoms with Crippen molar-refractivity contribution in [3.63, 3.8) is 0 Å². The number of hydroxylamine groups is 4. The molecule has 2 rings (SSSR count). The summed E-state index contributed by atoms with van der Waals surface area (Å²) in [6.07, 6.45) is 2.42. The fourth-order valence-corrected chi connectivity index (χ4v) is 6.19. The van der Waals surface area contributed by atoms with Crippen molar-refractivity contribution in [3.8, 4) is 0 Å².